The van der Waals surface area contributed by atoms with Crippen molar-refractivity contribution in [1.82, 2.24) is 9.55 Å². The zero-order chi connectivity index (χ0) is 21.9. The minimum Gasteiger partial charge on any atom is -0.494 e. The zero-order valence-electron chi connectivity index (χ0n) is 16.1. The molecule has 3 heterocycles. The second-order valence-corrected chi connectivity index (χ2v) is 8.72. The number of aromatic hydroxyl groups is 2. The van der Waals surface area contributed by atoms with Gasteiger partial charge >= 0.3 is 0 Å². The molecule has 0 atom stereocenters. The highest BCUT2D eigenvalue weighted by atomic mass is 32.2. The molecule has 1 aliphatic heterocycles. The number of pyridine rings is 1. The van der Waals surface area contributed by atoms with E-state index in [0.717, 1.165) is 10.8 Å². The summed E-state index contributed by atoms with van der Waals surface area (Å²) >= 11 is 0. The molecule has 1 aromatic carbocycles. The van der Waals surface area contributed by atoms with Crippen LogP contribution in [0.1, 0.15) is 32.7 Å². The van der Waals surface area contributed by atoms with Crippen LogP contribution in [0.4, 0.5) is 0 Å². The van der Waals surface area contributed by atoms with Crippen LogP contribution >= 0.6 is 0 Å². The van der Waals surface area contributed by atoms with Crippen LogP contribution in [0.25, 0.3) is 0 Å². The van der Waals surface area contributed by atoms with Crippen molar-refractivity contribution in [3.05, 3.63) is 64.5 Å². The van der Waals surface area contributed by atoms with E-state index >= 15 is 0 Å². The van der Waals surface area contributed by atoms with Crippen LogP contribution in [0, 0.1) is 0 Å². The molecular weight excluding hydrogens is 426 g/mol. The molecule has 0 fully saturated rings. The van der Waals surface area contributed by atoms with Crippen LogP contribution in [-0.2, 0) is 16.6 Å². The Labute approximate surface area is 176 Å². The number of carbonyl (C=O) groups is 1. The molecule has 2 aromatic heterocycles. The average molecular weight is 441 g/mol. The molecular formula is C20H15N3O7S. The number of ketones is 1. The Morgan fingerprint density at radius 1 is 1.13 bits per heavy atom. The number of fused-ring (bicyclic) bond motifs is 3. The Hall–Kier alpha value is -3.86. The van der Waals surface area contributed by atoms with E-state index in [1.807, 2.05) is 0 Å². The number of benzene rings is 1. The number of carbonyl (C=O) groups excluding carboxylic acids is 1. The Kier molecular flexibility index (Phi) is 4.05. The van der Waals surface area contributed by atoms with Crippen molar-refractivity contribution in [3.63, 3.8) is 0 Å². The molecule has 0 spiro atoms. The quantitative estimate of drug-likeness (QED) is 0.486. The standard InChI is InChI=1S/C20H15N3O7S/c1-31(27,28)22-16-11-3-2-6-21-17(11)18(24)15-14(16)19(25)23(20(15)26)8-10-4-5-12-13(7-10)30-9-29-12/h2-7,25-26H,8-9H2,1H3. The first-order chi connectivity index (χ1) is 14.7. The highest BCUT2D eigenvalue weighted by Crippen LogP contribution is 2.42. The van der Waals surface area contributed by atoms with Gasteiger partial charge in [0.2, 0.25) is 24.3 Å². The molecule has 0 saturated carbocycles. The topological polar surface area (TPSA) is 140 Å². The van der Waals surface area contributed by atoms with Crippen molar-refractivity contribution in [2.75, 3.05) is 13.0 Å². The van der Waals surface area contributed by atoms with E-state index in [2.05, 4.69) is 9.38 Å². The molecule has 0 bridgehead atoms. The second kappa shape index (κ2) is 6.57. The summed E-state index contributed by atoms with van der Waals surface area (Å²) in [6.45, 7) is 0.0721. The van der Waals surface area contributed by atoms with Crippen LogP contribution in [0.15, 0.2) is 40.9 Å². The van der Waals surface area contributed by atoms with E-state index in [1.54, 1.807) is 18.2 Å². The molecule has 0 unspecified atom stereocenters. The first kappa shape index (κ1) is 19.1. The fourth-order valence-corrected chi connectivity index (χ4v) is 4.22. The molecule has 3 aromatic rings. The van der Waals surface area contributed by atoms with Crippen molar-refractivity contribution >= 4 is 21.5 Å². The van der Waals surface area contributed by atoms with Gasteiger partial charge in [-0.2, -0.15) is 4.40 Å². The maximum atomic E-state index is 13.0. The van der Waals surface area contributed by atoms with Gasteiger partial charge in [0.1, 0.15) is 5.69 Å². The fourth-order valence-electron chi connectivity index (χ4n) is 3.70. The predicted octanol–water partition coefficient (Wildman–Crippen LogP) is 1.41. The predicted molar refractivity (Wildman–Crippen MR) is 108 cm³/mol. The van der Waals surface area contributed by atoms with Crippen LogP contribution < -0.4 is 9.47 Å². The van der Waals surface area contributed by atoms with E-state index in [-0.39, 0.29) is 41.4 Å². The first-order valence-corrected chi connectivity index (χ1v) is 10.9. The van der Waals surface area contributed by atoms with E-state index in [4.69, 9.17) is 9.47 Å². The second-order valence-electron chi connectivity index (χ2n) is 7.07. The fraction of sp³-hybridized carbons (Fsp3) is 0.150. The SMILES string of the molecule is CS(=O)(=O)N=C1c2cccnc2C(=O)c2c1c(O)n(Cc1ccc3c(c1)OCO3)c2O. The molecule has 2 N–H and O–H groups in total. The maximum absolute atomic E-state index is 13.0. The van der Waals surface area contributed by atoms with Gasteiger partial charge in [0.15, 0.2) is 11.5 Å². The molecule has 11 heteroatoms. The third kappa shape index (κ3) is 3.01. The van der Waals surface area contributed by atoms with Crippen molar-refractivity contribution in [2.24, 2.45) is 4.40 Å². The number of hydrogen-bond donors (Lipinski definition) is 2. The van der Waals surface area contributed by atoms with Crippen LogP contribution in [0.3, 0.4) is 0 Å². The van der Waals surface area contributed by atoms with Crippen LogP contribution in [0.5, 0.6) is 23.3 Å². The van der Waals surface area contributed by atoms with Crippen LogP contribution in [0.2, 0.25) is 0 Å². The van der Waals surface area contributed by atoms with Crippen molar-refractivity contribution in [3.8, 4) is 23.3 Å². The molecule has 0 amide bonds. The van der Waals surface area contributed by atoms with Gasteiger partial charge in [-0.05, 0) is 29.8 Å². The van der Waals surface area contributed by atoms with Crippen molar-refractivity contribution in [2.45, 2.75) is 6.54 Å². The minimum atomic E-state index is -3.90. The molecule has 10 nitrogen and oxygen atoms in total. The Bertz CT molecular complexity index is 1410. The lowest BCUT2D eigenvalue weighted by atomic mass is 9.89. The molecule has 5 rings (SSSR count). The molecule has 1 aliphatic carbocycles. The zero-order valence-corrected chi connectivity index (χ0v) is 16.9. The van der Waals surface area contributed by atoms with Gasteiger partial charge in [-0.25, -0.2) is 8.42 Å². The van der Waals surface area contributed by atoms with Crippen LogP contribution in [-0.4, -0.2) is 52.7 Å². The largest absolute Gasteiger partial charge is 0.494 e. The lowest BCUT2D eigenvalue weighted by Crippen LogP contribution is -2.22. The summed E-state index contributed by atoms with van der Waals surface area (Å²) in [6.07, 6.45) is 2.27. The highest BCUT2D eigenvalue weighted by molar-refractivity contribution is 7.89. The number of nitrogens with zero attached hydrogens (tertiary/aromatic N) is 3. The number of rotatable bonds is 3. The first-order valence-electron chi connectivity index (χ1n) is 9.08. The van der Waals surface area contributed by atoms with Gasteiger partial charge in [0.05, 0.1) is 29.6 Å². The number of aromatic nitrogens is 2. The average Bonchev–Trinajstić information content (AvgIpc) is 3.28. The Morgan fingerprint density at radius 2 is 1.87 bits per heavy atom. The number of ether oxygens (including phenoxy) is 2. The summed E-state index contributed by atoms with van der Waals surface area (Å²) in [5, 5.41) is 21.7. The van der Waals surface area contributed by atoms with E-state index < -0.39 is 27.6 Å². The Balaban J connectivity index is 1.70. The molecule has 158 valence electrons. The van der Waals surface area contributed by atoms with Gasteiger partial charge in [-0.1, -0.05) is 6.07 Å². The molecule has 0 saturated heterocycles. The minimum absolute atomic E-state index is 0.0233. The van der Waals surface area contributed by atoms with Crippen molar-refractivity contribution in [1.29, 1.82) is 0 Å². The van der Waals surface area contributed by atoms with E-state index in [1.165, 1.54) is 18.3 Å². The van der Waals surface area contributed by atoms with Gasteiger partial charge < -0.3 is 19.7 Å². The molecule has 0 radical (unpaired) electrons. The van der Waals surface area contributed by atoms with Gasteiger partial charge in [0.25, 0.3) is 10.0 Å². The summed E-state index contributed by atoms with van der Waals surface area (Å²) in [4.78, 5) is 17.0. The third-order valence-corrected chi connectivity index (χ3v) is 5.50. The molecule has 31 heavy (non-hydrogen) atoms. The Morgan fingerprint density at radius 3 is 2.65 bits per heavy atom. The smallest absolute Gasteiger partial charge is 0.250 e. The monoisotopic (exact) mass is 441 g/mol. The lowest BCUT2D eigenvalue weighted by molar-refractivity contribution is 0.103. The summed E-state index contributed by atoms with van der Waals surface area (Å²) in [7, 11) is -3.90. The highest BCUT2D eigenvalue weighted by Gasteiger charge is 2.39. The number of sulfonamides is 1. The summed E-state index contributed by atoms with van der Waals surface area (Å²) in [5.74, 6) is -0.568. The van der Waals surface area contributed by atoms with Crippen molar-refractivity contribution < 1.29 is 32.9 Å². The number of hydrogen-bond acceptors (Lipinski definition) is 8. The van der Waals surface area contributed by atoms with Gasteiger partial charge in [-0.15, -0.1) is 0 Å². The normalized spacial score (nSPS) is 15.8. The van der Waals surface area contributed by atoms with E-state index in [0.29, 0.717) is 17.1 Å². The van der Waals surface area contributed by atoms with E-state index in [9.17, 15) is 23.4 Å². The van der Waals surface area contributed by atoms with Gasteiger partial charge in [0, 0.05) is 11.8 Å². The summed E-state index contributed by atoms with van der Waals surface area (Å²) in [5.41, 5.74) is 0.166. The third-order valence-electron chi connectivity index (χ3n) is 4.99. The lowest BCUT2D eigenvalue weighted by Gasteiger charge is -2.16. The van der Waals surface area contributed by atoms with Gasteiger partial charge in [-0.3, -0.25) is 14.3 Å². The molecule has 2 aliphatic rings. The summed E-state index contributed by atoms with van der Waals surface area (Å²) in [6, 6.07) is 8.10. The maximum Gasteiger partial charge on any atom is 0.250 e. The summed E-state index contributed by atoms with van der Waals surface area (Å²) < 4.78 is 39.3.